The molecule has 0 aromatic heterocycles. The summed E-state index contributed by atoms with van der Waals surface area (Å²) in [5.74, 6) is -2.05. The van der Waals surface area contributed by atoms with E-state index >= 15 is 0 Å². The predicted molar refractivity (Wildman–Crippen MR) is 43.8 cm³/mol. The molecule has 0 rings (SSSR count). The fraction of sp³-hybridized carbons (Fsp3) is 0.571. The molecule has 0 aliphatic heterocycles. The van der Waals surface area contributed by atoms with Gasteiger partial charge in [0.15, 0.2) is 0 Å². The number of carboxylic acid groups (broad SMARTS) is 1. The molecular weight excluding hydrogens is 176 g/mol. The second-order valence-corrected chi connectivity index (χ2v) is 2.69. The summed E-state index contributed by atoms with van der Waals surface area (Å²) in [5.41, 5.74) is 4.70. The van der Waals surface area contributed by atoms with E-state index in [0.717, 1.165) is 0 Å². The van der Waals surface area contributed by atoms with Crippen molar-refractivity contribution in [2.45, 2.75) is 19.8 Å². The average Bonchev–Trinajstić information content (AvgIpc) is 1.98. The Bertz CT molecular complexity index is 227. The maximum atomic E-state index is 11.0. The lowest BCUT2D eigenvalue weighted by molar-refractivity contribution is -0.137. The molecule has 0 spiro atoms. The highest BCUT2D eigenvalue weighted by Crippen LogP contribution is 2.04. The topological polar surface area (TPSA) is 109 Å². The van der Waals surface area contributed by atoms with Gasteiger partial charge in [0, 0.05) is 12.3 Å². The Balaban J connectivity index is 3.82. The number of aliphatic carboxylic acids is 1. The van der Waals surface area contributed by atoms with Crippen LogP contribution in [0.5, 0.6) is 0 Å². The molecule has 4 N–H and O–H groups in total. The normalized spacial score (nSPS) is 11.8. The summed E-state index contributed by atoms with van der Waals surface area (Å²) < 4.78 is 0. The summed E-state index contributed by atoms with van der Waals surface area (Å²) in [6.07, 6.45) is 0.0851. The number of imide groups is 1. The van der Waals surface area contributed by atoms with Gasteiger partial charge in [0.05, 0.1) is 0 Å². The molecule has 0 saturated heterocycles. The highest BCUT2D eigenvalue weighted by molar-refractivity contribution is 5.94. The van der Waals surface area contributed by atoms with Gasteiger partial charge in [-0.3, -0.25) is 14.9 Å². The maximum Gasteiger partial charge on any atom is 0.318 e. The van der Waals surface area contributed by atoms with Crippen LogP contribution < -0.4 is 11.1 Å². The van der Waals surface area contributed by atoms with Crippen LogP contribution in [-0.4, -0.2) is 23.0 Å². The number of hydrogen-bond acceptors (Lipinski definition) is 3. The highest BCUT2D eigenvalue weighted by Gasteiger charge is 2.15. The van der Waals surface area contributed by atoms with E-state index < -0.39 is 23.8 Å². The molecule has 6 heteroatoms. The fourth-order valence-corrected chi connectivity index (χ4v) is 0.716. The van der Waals surface area contributed by atoms with E-state index in [1.54, 1.807) is 0 Å². The number of carbonyl (C=O) groups is 3. The number of carboxylic acids is 1. The minimum Gasteiger partial charge on any atom is -0.481 e. The number of urea groups is 1. The summed E-state index contributed by atoms with van der Waals surface area (Å²) in [6.45, 7) is 1.53. The van der Waals surface area contributed by atoms with Crippen LogP contribution in [0.1, 0.15) is 19.8 Å². The number of nitrogens with two attached hydrogens (primary N) is 1. The summed E-state index contributed by atoms with van der Waals surface area (Å²) >= 11 is 0. The van der Waals surface area contributed by atoms with Crippen molar-refractivity contribution in [3.05, 3.63) is 0 Å². The van der Waals surface area contributed by atoms with Crippen LogP contribution in [0.3, 0.4) is 0 Å². The lowest BCUT2D eigenvalue weighted by Crippen LogP contribution is -2.38. The van der Waals surface area contributed by atoms with Crippen LogP contribution in [0.2, 0.25) is 0 Å². The van der Waals surface area contributed by atoms with Crippen LogP contribution in [0, 0.1) is 5.92 Å². The minimum absolute atomic E-state index is 0.104. The number of rotatable bonds is 4. The molecule has 0 aromatic carbocycles. The van der Waals surface area contributed by atoms with Crippen LogP contribution in [0.4, 0.5) is 4.79 Å². The summed E-state index contributed by atoms with van der Waals surface area (Å²) in [6, 6.07) is -0.924. The first-order chi connectivity index (χ1) is 5.93. The average molecular weight is 188 g/mol. The third-order valence-electron chi connectivity index (χ3n) is 1.49. The molecule has 3 amide bonds. The number of carbonyl (C=O) groups excluding carboxylic acids is 2. The zero-order chi connectivity index (χ0) is 10.4. The van der Waals surface area contributed by atoms with Gasteiger partial charge in [0.2, 0.25) is 5.91 Å². The van der Waals surface area contributed by atoms with Crippen molar-refractivity contribution in [1.29, 1.82) is 0 Å². The quantitative estimate of drug-likeness (QED) is 0.561. The minimum atomic E-state index is -0.973. The van der Waals surface area contributed by atoms with Crippen molar-refractivity contribution in [2.75, 3.05) is 0 Å². The molecule has 0 fully saturated rings. The second kappa shape index (κ2) is 5.13. The van der Waals surface area contributed by atoms with Gasteiger partial charge in [-0.2, -0.15) is 0 Å². The standard InChI is InChI=1S/C7H12N2O4/c1-4(2-3-5(10)11)6(12)9-7(8)13/h4H,2-3H2,1H3,(H,10,11)(H3,8,9,12,13). The first kappa shape index (κ1) is 11.4. The molecule has 0 radical (unpaired) electrons. The van der Waals surface area contributed by atoms with Gasteiger partial charge >= 0.3 is 12.0 Å². The molecule has 0 heterocycles. The Morgan fingerprint density at radius 2 is 2.00 bits per heavy atom. The maximum absolute atomic E-state index is 11.0. The third kappa shape index (κ3) is 5.66. The monoisotopic (exact) mass is 188 g/mol. The number of primary amides is 1. The largest absolute Gasteiger partial charge is 0.481 e. The smallest absolute Gasteiger partial charge is 0.318 e. The van der Waals surface area contributed by atoms with E-state index in [-0.39, 0.29) is 12.8 Å². The molecule has 0 aliphatic rings. The molecule has 74 valence electrons. The van der Waals surface area contributed by atoms with Crippen molar-refractivity contribution in [2.24, 2.45) is 11.7 Å². The Labute approximate surface area is 75.1 Å². The second-order valence-electron chi connectivity index (χ2n) is 2.69. The highest BCUT2D eigenvalue weighted by atomic mass is 16.4. The lowest BCUT2D eigenvalue weighted by Gasteiger charge is -2.07. The van der Waals surface area contributed by atoms with E-state index in [9.17, 15) is 14.4 Å². The van der Waals surface area contributed by atoms with Crippen LogP contribution in [0.15, 0.2) is 0 Å². The van der Waals surface area contributed by atoms with Gasteiger partial charge < -0.3 is 10.8 Å². The molecule has 13 heavy (non-hydrogen) atoms. The van der Waals surface area contributed by atoms with Crippen molar-refractivity contribution < 1.29 is 19.5 Å². The number of amides is 3. The van der Waals surface area contributed by atoms with Crippen molar-refractivity contribution in [3.63, 3.8) is 0 Å². The zero-order valence-electron chi connectivity index (χ0n) is 7.24. The van der Waals surface area contributed by atoms with Crippen molar-refractivity contribution in [1.82, 2.24) is 5.32 Å². The molecule has 0 aromatic rings. The van der Waals surface area contributed by atoms with Crippen LogP contribution >= 0.6 is 0 Å². The summed E-state index contributed by atoms with van der Waals surface area (Å²) in [4.78, 5) is 31.3. The molecule has 1 atom stereocenters. The van der Waals surface area contributed by atoms with E-state index in [1.807, 2.05) is 5.32 Å². The summed E-state index contributed by atoms with van der Waals surface area (Å²) in [5, 5.41) is 10.2. The van der Waals surface area contributed by atoms with Gasteiger partial charge in [0.25, 0.3) is 0 Å². The molecule has 0 saturated carbocycles. The van der Waals surface area contributed by atoms with Crippen molar-refractivity contribution >= 4 is 17.9 Å². The predicted octanol–water partition coefficient (Wildman–Crippen LogP) is -0.318. The van der Waals surface area contributed by atoms with Gasteiger partial charge in [-0.05, 0) is 6.42 Å². The zero-order valence-corrected chi connectivity index (χ0v) is 7.24. The van der Waals surface area contributed by atoms with Crippen molar-refractivity contribution in [3.8, 4) is 0 Å². The Hall–Kier alpha value is -1.59. The van der Waals surface area contributed by atoms with Crippen LogP contribution in [-0.2, 0) is 9.59 Å². The van der Waals surface area contributed by atoms with Gasteiger partial charge in [-0.25, -0.2) is 4.79 Å². The Kier molecular flexibility index (Phi) is 4.50. The fourth-order valence-electron chi connectivity index (χ4n) is 0.716. The molecule has 0 bridgehead atoms. The number of hydrogen-bond donors (Lipinski definition) is 3. The first-order valence-electron chi connectivity index (χ1n) is 3.75. The Morgan fingerprint density at radius 3 is 2.38 bits per heavy atom. The number of nitrogens with one attached hydrogen (secondary N) is 1. The van der Waals surface area contributed by atoms with E-state index in [2.05, 4.69) is 0 Å². The van der Waals surface area contributed by atoms with E-state index in [4.69, 9.17) is 10.8 Å². The third-order valence-corrected chi connectivity index (χ3v) is 1.49. The summed E-state index contributed by atoms with van der Waals surface area (Å²) in [7, 11) is 0. The molecule has 6 nitrogen and oxygen atoms in total. The van der Waals surface area contributed by atoms with Gasteiger partial charge in [-0.15, -0.1) is 0 Å². The van der Waals surface area contributed by atoms with Gasteiger partial charge in [0.1, 0.15) is 0 Å². The molecular formula is C7H12N2O4. The Morgan fingerprint density at radius 1 is 1.46 bits per heavy atom. The SMILES string of the molecule is CC(CCC(=O)O)C(=O)NC(N)=O. The molecule has 1 unspecified atom stereocenters. The van der Waals surface area contributed by atoms with E-state index in [0.29, 0.717) is 0 Å². The van der Waals surface area contributed by atoms with E-state index in [1.165, 1.54) is 6.92 Å². The van der Waals surface area contributed by atoms with Crippen LogP contribution in [0.25, 0.3) is 0 Å². The molecule has 0 aliphatic carbocycles. The first-order valence-corrected chi connectivity index (χ1v) is 3.75. The van der Waals surface area contributed by atoms with Gasteiger partial charge in [-0.1, -0.05) is 6.92 Å². The lowest BCUT2D eigenvalue weighted by atomic mass is 10.1.